The van der Waals surface area contributed by atoms with Crippen LogP contribution in [0.2, 0.25) is 0 Å². The van der Waals surface area contributed by atoms with E-state index in [-0.39, 0.29) is 0 Å². The topological polar surface area (TPSA) is 41.1 Å². The number of hydrogen-bond donors (Lipinski definition) is 1. The molecule has 17 heavy (non-hydrogen) atoms. The van der Waals surface area contributed by atoms with Crippen LogP contribution in [-0.4, -0.2) is 23.2 Å². The van der Waals surface area contributed by atoms with Crippen LogP contribution in [0.1, 0.15) is 11.3 Å². The summed E-state index contributed by atoms with van der Waals surface area (Å²) in [5.74, 6) is 0. The summed E-state index contributed by atoms with van der Waals surface area (Å²) in [5.41, 5.74) is 3.80. The molecule has 0 atom stereocenters. The number of anilines is 2. The lowest BCUT2D eigenvalue weighted by molar-refractivity contribution is 0.809. The minimum absolute atomic E-state index is 0.837. The third-order valence-corrected chi connectivity index (χ3v) is 3.89. The van der Waals surface area contributed by atoms with Crippen molar-refractivity contribution >= 4 is 22.2 Å². The monoisotopic (exact) mass is 246 g/mol. The number of hydrogen-bond acceptors (Lipinski definition) is 5. The van der Waals surface area contributed by atoms with Gasteiger partial charge in [0.15, 0.2) is 0 Å². The molecule has 0 fully saturated rings. The number of fused-ring (bicyclic) bond motifs is 1. The predicted molar refractivity (Wildman–Crippen MR) is 70.7 cm³/mol. The van der Waals surface area contributed by atoms with Crippen LogP contribution in [0.4, 0.5) is 10.7 Å². The van der Waals surface area contributed by atoms with Crippen molar-refractivity contribution in [3.05, 3.63) is 35.5 Å². The predicted octanol–water partition coefficient (Wildman–Crippen LogP) is 2.14. The summed E-state index contributed by atoms with van der Waals surface area (Å²) < 4.78 is 3.99. The van der Waals surface area contributed by atoms with Crippen molar-refractivity contribution in [1.29, 1.82) is 0 Å². The maximum absolute atomic E-state index is 4.19. The fourth-order valence-corrected chi connectivity index (χ4v) is 2.78. The van der Waals surface area contributed by atoms with Gasteiger partial charge in [-0.3, -0.25) is 0 Å². The van der Waals surface area contributed by atoms with Crippen molar-refractivity contribution in [2.24, 2.45) is 0 Å². The first-order valence-corrected chi connectivity index (χ1v) is 6.47. The van der Waals surface area contributed by atoms with Gasteiger partial charge in [-0.1, -0.05) is 22.7 Å². The Hall–Kier alpha value is -1.62. The Balaban J connectivity index is 1.84. The van der Waals surface area contributed by atoms with Gasteiger partial charge in [0.1, 0.15) is 10.7 Å². The number of para-hydroxylation sites is 1. The summed E-state index contributed by atoms with van der Waals surface area (Å²) in [6, 6.07) is 8.58. The van der Waals surface area contributed by atoms with Gasteiger partial charge in [-0.05, 0) is 18.1 Å². The fourth-order valence-electron chi connectivity index (χ4n) is 2.25. The first kappa shape index (κ1) is 10.5. The van der Waals surface area contributed by atoms with Crippen LogP contribution in [0.15, 0.2) is 24.3 Å². The van der Waals surface area contributed by atoms with E-state index in [0.717, 1.165) is 30.2 Å². The second kappa shape index (κ2) is 4.33. The SMILES string of the molecule is CNc1snnc1CN1CCc2ccccc21. The van der Waals surface area contributed by atoms with Crippen molar-refractivity contribution in [1.82, 2.24) is 9.59 Å². The molecule has 0 bridgehead atoms. The summed E-state index contributed by atoms with van der Waals surface area (Å²) in [6.45, 7) is 1.91. The summed E-state index contributed by atoms with van der Waals surface area (Å²) in [6.07, 6.45) is 1.13. The minimum Gasteiger partial charge on any atom is -0.377 e. The highest BCUT2D eigenvalue weighted by Gasteiger charge is 2.20. The van der Waals surface area contributed by atoms with Gasteiger partial charge in [-0.25, -0.2) is 0 Å². The molecular formula is C12H14N4S. The first-order valence-electron chi connectivity index (χ1n) is 5.70. The molecule has 1 aliphatic rings. The van der Waals surface area contributed by atoms with Gasteiger partial charge < -0.3 is 10.2 Å². The molecule has 0 unspecified atom stereocenters. The van der Waals surface area contributed by atoms with Crippen LogP contribution in [0.5, 0.6) is 0 Å². The summed E-state index contributed by atoms with van der Waals surface area (Å²) >= 11 is 1.42. The average Bonchev–Trinajstić information content (AvgIpc) is 2.97. The van der Waals surface area contributed by atoms with Crippen molar-refractivity contribution in [3.8, 4) is 0 Å². The average molecular weight is 246 g/mol. The fraction of sp³-hybridized carbons (Fsp3) is 0.333. The van der Waals surface area contributed by atoms with E-state index in [0.29, 0.717) is 0 Å². The molecule has 2 heterocycles. The molecule has 0 saturated carbocycles. The Morgan fingerprint density at radius 2 is 2.29 bits per heavy atom. The number of benzene rings is 1. The van der Waals surface area contributed by atoms with Crippen molar-refractivity contribution in [2.45, 2.75) is 13.0 Å². The minimum atomic E-state index is 0.837. The highest BCUT2D eigenvalue weighted by molar-refractivity contribution is 7.10. The standard InChI is InChI=1S/C12H14N4S/c1-13-12-10(14-15-17-12)8-16-7-6-9-4-2-3-5-11(9)16/h2-5,13H,6-8H2,1H3. The lowest BCUT2D eigenvalue weighted by atomic mass is 10.2. The molecule has 5 heteroatoms. The number of rotatable bonds is 3. The van der Waals surface area contributed by atoms with Gasteiger partial charge in [0.05, 0.1) is 6.54 Å². The van der Waals surface area contributed by atoms with Gasteiger partial charge >= 0.3 is 0 Å². The second-order valence-corrected chi connectivity index (χ2v) is 4.85. The van der Waals surface area contributed by atoms with Crippen molar-refractivity contribution in [2.75, 3.05) is 23.8 Å². The second-order valence-electron chi connectivity index (χ2n) is 4.10. The largest absolute Gasteiger partial charge is 0.377 e. The molecule has 0 radical (unpaired) electrons. The maximum Gasteiger partial charge on any atom is 0.134 e. The van der Waals surface area contributed by atoms with E-state index < -0.39 is 0 Å². The van der Waals surface area contributed by atoms with Crippen LogP contribution in [0.3, 0.4) is 0 Å². The van der Waals surface area contributed by atoms with Gasteiger partial charge in [-0.15, -0.1) is 5.10 Å². The third kappa shape index (κ3) is 1.86. The lowest BCUT2D eigenvalue weighted by Crippen LogP contribution is -2.20. The van der Waals surface area contributed by atoms with Gasteiger partial charge in [0.2, 0.25) is 0 Å². The molecule has 3 rings (SSSR count). The molecule has 1 aliphatic heterocycles. The van der Waals surface area contributed by atoms with E-state index in [9.17, 15) is 0 Å². The Kier molecular flexibility index (Phi) is 2.68. The number of nitrogens with one attached hydrogen (secondary N) is 1. The highest BCUT2D eigenvalue weighted by Crippen LogP contribution is 2.30. The summed E-state index contributed by atoms with van der Waals surface area (Å²) in [5, 5.41) is 8.39. The zero-order valence-corrected chi connectivity index (χ0v) is 10.5. The van der Waals surface area contributed by atoms with Crippen LogP contribution in [0, 0.1) is 0 Å². The van der Waals surface area contributed by atoms with Gasteiger partial charge in [0.25, 0.3) is 0 Å². The van der Waals surface area contributed by atoms with Gasteiger partial charge in [-0.2, -0.15) is 0 Å². The molecular weight excluding hydrogens is 232 g/mol. The molecule has 2 aromatic rings. The zero-order valence-electron chi connectivity index (χ0n) is 9.68. The molecule has 88 valence electrons. The molecule has 0 aliphatic carbocycles. The van der Waals surface area contributed by atoms with E-state index in [1.165, 1.54) is 22.8 Å². The third-order valence-electron chi connectivity index (χ3n) is 3.11. The van der Waals surface area contributed by atoms with Crippen LogP contribution in [-0.2, 0) is 13.0 Å². The maximum atomic E-state index is 4.19. The molecule has 4 nitrogen and oxygen atoms in total. The zero-order chi connectivity index (χ0) is 11.7. The summed E-state index contributed by atoms with van der Waals surface area (Å²) in [7, 11) is 1.91. The Labute approximate surface area is 104 Å². The molecule has 0 saturated heterocycles. The molecule has 0 amide bonds. The van der Waals surface area contributed by atoms with E-state index in [1.807, 2.05) is 7.05 Å². The molecule has 1 aromatic carbocycles. The van der Waals surface area contributed by atoms with Crippen LogP contribution >= 0.6 is 11.5 Å². The van der Waals surface area contributed by atoms with E-state index in [1.54, 1.807) is 0 Å². The molecule has 1 aromatic heterocycles. The molecule has 0 spiro atoms. The van der Waals surface area contributed by atoms with E-state index in [2.05, 4.69) is 44.1 Å². The Bertz CT molecular complexity index is 523. The summed E-state index contributed by atoms with van der Waals surface area (Å²) in [4.78, 5) is 2.37. The Morgan fingerprint density at radius 3 is 3.18 bits per heavy atom. The van der Waals surface area contributed by atoms with Crippen molar-refractivity contribution in [3.63, 3.8) is 0 Å². The van der Waals surface area contributed by atoms with Gasteiger partial charge in [0, 0.05) is 30.8 Å². The van der Waals surface area contributed by atoms with Crippen LogP contribution in [0.25, 0.3) is 0 Å². The normalized spacial score (nSPS) is 13.8. The van der Waals surface area contributed by atoms with Crippen LogP contribution < -0.4 is 10.2 Å². The van der Waals surface area contributed by atoms with E-state index >= 15 is 0 Å². The smallest absolute Gasteiger partial charge is 0.134 e. The highest BCUT2D eigenvalue weighted by atomic mass is 32.1. The first-order chi connectivity index (χ1) is 8.38. The van der Waals surface area contributed by atoms with Crippen molar-refractivity contribution < 1.29 is 0 Å². The lowest BCUT2D eigenvalue weighted by Gasteiger charge is -2.18. The quantitative estimate of drug-likeness (QED) is 0.901. The Morgan fingerprint density at radius 1 is 1.41 bits per heavy atom. The van der Waals surface area contributed by atoms with E-state index in [4.69, 9.17) is 0 Å². The number of aromatic nitrogens is 2. The molecule has 1 N–H and O–H groups in total. The number of nitrogens with zero attached hydrogens (tertiary/aromatic N) is 3.